The zero-order valence-electron chi connectivity index (χ0n) is 12.1. The monoisotopic (exact) mass is 357 g/mol. The molecule has 0 radical (unpaired) electrons. The van der Waals surface area contributed by atoms with Crippen molar-refractivity contribution in [3.63, 3.8) is 0 Å². The van der Waals surface area contributed by atoms with Crippen LogP contribution in [0.4, 0.5) is 13.2 Å². The third kappa shape index (κ3) is 3.10. The summed E-state index contributed by atoms with van der Waals surface area (Å²) < 4.78 is 42.5. The van der Waals surface area contributed by atoms with Crippen LogP contribution in [-0.4, -0.2) is 29.8 Å². The highest BCUT2D eigenvalue weighted by Gasteiger charge is 2.35. The van der Waals surface area contributed by atoms with Gasteiger partial charge >= 0.3 is 6.18 Å². The Morgan fingerprint density at radius 3 is 2.71 bits per heavy atom. The second-order valence-electron chi connectivity index (χ2n) is 4.84. The van der Waals surface area contributed by atoms with Gasteiger partial charge in [-0.05, 0) is 28.6 Å². The molecule has 0 fully saturated rings. The molecule has 1 aromatic carbocycles. The van der Waals surface area contributed by atoms with E-state index in [4.69, 9.17) is 17.3 Å². The summed E-state index contributed by atoms with van der Waals surface area (Å²) in [7, 11) is 0. The van der Waals surface area contributed by atoms with E-state index >= 15 is 0 Å². The predicted octanol–water partition coefficient (Wildman–Crippen LogP) is 2.04. The number of nitrogens with zero attached hydrogens (tertiary/aromatic N) is 6. The van der Waals surface area contributed by atoms with Crippen molar-refractivity contribution in [1.29, 1.82) is 0 Å². The Bertz CT molecular complexity index is 855. The summed E-state index contributed by atoms with van der Waals surface area (Å²) in [6.45, 7) is 0.308. The summed E-state index contributed by atoms with van der Waals surface area (Å²) in [6, 6.07) is 3.41. The van der Waals surface area contributed by atoms with Crippen molar-refractivity contribution in [3.05, 3.63) is 52.8 Å². The SMILES string of the molecule is NCc1nccn1Cc1nnnn1-c1ccc(Cl)cc1C(F)(F)F. The molecule has 3 rings (SSSR count). The molecule has 126 valence electrons. The number of benzene rings is 1. The summed E-state index contributed by atoms with van der Waals surface area (Å²) >= 11 is 5.69. The van der Waals surface area contributed by atoms with Gasteiger partial charge in [-0.2, -0.15) is 17.9 Å². The molecule has 2 N–H and O–H groups in total. The van der Waals surface area contributed by atoms with E-state index in [1.807, 2.05) is 0 Å². The van der Waals surface area contributed by atoms with E-state index in [0.717, 1.165) is 10.7 Å². The second-order valence-corrected chi connectivity index (χ2v) is 5.28. The van der Waals surface area contributed by atoms with Crippen LogP contribution < -0.4 is 5.73 Å². The summed E-state index contributed by atoms with van der Waals surface area (Å²) in [5.74, 6) is 0.771. The molecule has 7 nitrogen and oxygen atoms in total. The zero-order valence-corrected chi connectivity index (χ0v) is 12.8. The second kappa shape index (κ2) is 6.21. The average molecular weight is 358 g/mol. The third-order valence-corrected chi connectivity index (χ3v) is 3.56. The molecular weight excluding hydrogens is 347 g/mol. The number of halogens is 4. The van der Waals surface area contributed by atoms with Crippen molar-refractivity contribution < 1.29 is 13.2 Å². The Hall–Kier alpha value is -2.46. The fourth-order valence-electron chi connectivity index (χ4n) is 2.24. The first kappa shape index (κ1) is 16.4. The number of rotatable bonds is 4. The van der Waals surface area contributed by atoms with Gasteiger partial charge in [-0.3, -0.25) is 0 Å². The Labute approximate surface area is 138 Å². The lowest BCUT2D eigenvalue weighted by Gasteiger charge is -2.14. The molecule has 0 bridgehead atoms. The van der Waals surface area contributed by atoms with Crippen LogP contribution >= 0.6 is 11.6 Å². The van der Waals surface area contributed by atoms with Gasteiger partial charge in [0.05, 0.1) is 24.3 Å². The first-order chi connectivity index (χ1) is 11.4. The summed E-state index contributed by atoms with van der Waals surface area (Å²) in [5.41, 5.74) is 4.44. The van der Waals surface area contributed by atoms with E-state index in [2.05, 4.69) is 20.5 Å². The van der Waals surface area contributed by atoms with Crippen LogP contribution in [0.2, 0.25) is 5.02 Å². The minimum absolute atomic E-state index is 0.0271. The molecule has 11 heteroatoms. The molecule has 2 heterocycles. The molecule has 2 aromatic heterocycles. The standard InChI is InChI=1S/C13H11ClF3N7/c14-8-1-2-10(9(5-8)13(15,16)17)24-12(20-21-22-24)7-23-4-3-19-11(23)6-18/h1-5H,6-7,18H2. The van der Waals surface area contributed by atoms with E-state index in [-0.39, 0.29) is 29.6 Å². The molecule has 0 atom stereocenters. The maximum Gasteiger partial charge on any atom is 0.418 e. The van der Waals surface area contributed by atoms with Crippen LogP contribution in [0.3, 0.4) is 0 Å². The number of hydrogen-bond acceptors (Lipinski definition) is 5. The summed E-state index contributed by atoms with van der Waals surface area (Å²) in [4.78, 5) is 4.05. The number of hydrogen-bond donors (Lipinski definition) is 1. The van der Waals surface area contributed by atoms with Crippen molar-refractivity contribution in [1.82, 2.24) is 29.8 Å². The van der Waals surface area contributed by atoms with Crippen molar-refractivity contribution in [2.75, 3.05) is 0 Å². The van der Waals surface area contributed by atoms with Gasteiger partial charge in [0.1, 0.15) is 5.82 Å². The van der Waals surface area contributed by atoms with Crippen molar-refractivity contribution in [2.45, 2.75) is 19.3 Å². The largest absolute Gasteiger partial charge is 0.418 e. The van der Waals surface area contributed by atoms with Crippen molar-refractivity contribution >= 4 is 11.6 Å². The predicted molar refractivity (Wildman–Crippen MR) is 78.4 cm³/mol. The van der Waals surface area contributed by atoms with E-state index in [1.165, 1.54) is 12.1 Å². The van der Waals surface area contributed by atoms with Gasteiger partial charge in [-0.25, -0.2) is 4.98 Å². The molecule has 0 saturated heterocycles. The van der Waals surface area contributed by atoms with Crippen LogP contribution in [0.15, 0.2) is 30.6 Å². The third-order valence-electron chi connectivity index (χ3n) is 3.32. The Kier molecular flexibility index (Phi) is 4.24. The highest BCUT2D eigenvalue weighted by molar-refractivity contribution is 6.30. The highest BCUT2D eigenvalue weighted by atomic mass is 35.5. The number of tetrazole rings is 1. The van der Waals surface area contributed by atoms with Gasteiger partial charge in [0.25, 0.3) is 0 Å². The Balaban J connectivity index is 2.05. The number of imidazole rings is 1. The lowest BCUT2D eigenvalue weighted by atomic mass is 10.1. The summed E-state index contributed by atoms with van der Waals surface area (Å²) in [6.07, 6.45) is -1.41. The van der Waals surface area contributed by atoms with Crippen LogP contribution in [0.5, 0.6) is 0 Å². The van der Waals surface area contributed by atoms with Crippen LogP contribution in [0, 0.1) is 0 Å². The fraction of sp³-hybridized carbons (Fsp3) is 0.231. The molecule has 24 heavy (non-hydrogen) atoms. The quantitative estimate of drug-likeness (QED) is 0.772. The molecule has 0 unspecified atom stereocenters. The maximum absolute atomic E-state index is 13.3. The molecule has 0 saturated carbocycles. The average Bonchev–Trinajstić information content (AvgIpc) is 3.16. The van der Waals surface area contributed by atoms with E-state index in [0.29, 0.717) is 5.82 Å². The number of alkyl halides is 3. The van der Waals surface area contributed by atoms with Gasteiger partial charge in [-0.1, -0.05) is 11.6 Å². The first-order valence-corrected chi connectivity index (χ1v) is 7.12. The molecular formula is C13H11ClF3N7. The van der Waals surface area contributed by atoms with E-state index < -0.39 is 11.7 Å². The molecule has 0 aliphatic rings. The number of nitrogens with two attached hydrogens (primary N) is 1. The zero-order chi connectivity index (χ0) is 17.3. The van der Waals surface area contributed by atoms with E-state index in [9.17, 15) is 13.2 Å². The Morgan fingerprint density at radius 1 is 1.21 bits per heavy atom. The lowest BCUT2D eigenvalue weighted by Crippen LogP contribution is -2.16. The van der Waals surface area contributed by atoms with Gasteiger partial charge in [0, 0.05) is 17.4 Å². The van der Waals surface area contributed by atoms with Gasteiger partial charge in [0.2, 0.25) is 0 Å². The lowest BCUT2D eigenvalue weighted by molar-refractivity contribution is -0.137. The van der Waals surface area contributed by atoms with Crippen molar-refractivity contribution in [2.24, 2.45) is 5.73 Å². The minimum atomic E-state index is -4.60. The normalized spacial score (nSPS) is 11.9. The maximum atomic E-state index is 13.3. The highest BCUT2D eigenvalue weighted by Crippen LogP contribution is 2.35. The van der Waals surface area contributed by atoms with Crippen molar-refractivity contribution in [3.8, 4) is 5.69 Å². The van der Waals surface area contributed by atoms with Gasteiger partial charge in [0.15, 0.2) is 5.82 Å². The number of aromatic nitrogens is 6. The smallest absolute Gasteiger partial charge is 0.326 e. The van der Waals surface area contributed by atoms with Gasteiger partial charge in [-0.15, -0.1) is 5.10 Å². The summed E-state index contributed by atoms with van der Waals surface area (Å²) in [5, 5.41) is 10.9. The molecule has 0 spiro atoms. The Morgan fingerprint density at radius 2 is 2.00 bits per heavy atom. The first-order valence-electron chi connectivity index (χ1n) is 6.74. The van der Waals surface area contributed by atoms with Crippen LogP contribution in [0.25, 0.3) is 5.69 Å². The fourth-order valence-corrected chi connectivity index (χ4v) is 2.41. The molecule has 0 amide bonds. The molecule has 3 aromatic rings. The van der Waals surface area contributed by atoms with Crippen LogP contribution in [0.1, 0.15) is 17.2 Å². The van der Waals surface area contributed by atoms with Gasteiger partial charge < -0.3 is 10.3 Å². The van der Waals surface area contributed by atoms with E-state index in [1.54, 1.807) is 17.0 Å². The molecule has 0 aliphatic carbocycles. The molecule has 0 aliphatic heterocycles. The minimum Gasteiger partial charge on any atom is -0.326 e. The van der Waals surface area contributed by atoms with Crippen LogP contribution in [-0.2, 0) is 19.3 Å². The topological polar surface area (TPSA) is 87.4 Å².